The molecule has 0 spiro atoms. The molecule has 2 heterocycles. The first-order valence-electron chi connectivity index (χ1n) is 8.40. The van der Waals surface area contributed by atoms with Gasteiger partial charge in [-0.05, 0) is 42.3 Å². The largest absolute Gasteiger partial charge is 0.344 e. The molecule has 2 aromatic rings. The van der Waals surface area contributed by atoms with Gasteiger partial charge in [0.2, 0.25) is 0 Å². The zero-order chi connectivity index (χ0) is 18.1. The van der Waals surface area contributed by atoms with E-state index in [-0.39, 0.29) is 17.9 Å². The van der Waals surface area contributed by atoms with Crippen molar-refractivity contribution in [2.45, 2.75) is 25.4 Å². The van der Waals surface area contributed by atoms with Crippen molar-refractivity contribution in [2.75, 3.05) is 0 Å². The number of amidine groups is 1. The van der Waals surface area contributed by atoms with Gasteiger partial charge >= 0.3 is 0 Å². The van der Waals surface area contributed by atoms with E-state index in [1.807, 2.05) is 29.2 Å². The van der Waals surface area contributed by atoms with Crippen LogP contribution < -0.4 is 10.9 Å². The highest BCUT2D eigenvalue weighted by Gasteiger charge is 2.37. The number of aliphatic imine (C=N–C) groups is 1. The molecular weight excluding hydrogens is 352 g/mol. The van der Waals surface area contributed by atoms with E-state index < -0.39 is 0 Å². The lowest BCUT2D eigenvalue weighted by Gasteiger charge is -2.30. The zero-order valence-corrected chi connectivity index (χ0v) is 14.7. The molecule has 2 N–H and O–H groups in total. The molecule has 6 nitrogen and oxygen atoms in total. The van der Waals surface area contributed by atoms with Gasteiger partial charge in [0.05, 0.1) is 5.69 Å². The zero-order valence-electron chi connectivity index (χ0n) is 13.9. The maximum atomic E-state index is 12.6. The lowest BCUT2D eigenvalue weighted by Crippen LogP contribution is -2.51. The van der Waals surface area contributed by atoms with Gasteiger partial charge in [0.1, 0.15) is 11.9 Å². The van der Waals surface area contributed by atoms with Gasteiger partial charge in [-0.25, -0.2) is 4.99 Å². The minimum absolute atomic E-state index is 0.245. The molecule has 0 aliphatic carbocycles. The molecule has 132 valence electrons. The Morgan fingerprint density at radius 2 is 1.92 bits per heavy atom. The number of fused-ring (bicyclic) bond motifs is 2. The standard InChI is InChI=1S/C19H17ClN4O2/c20-14-6-7-15-13(10-14)11-24-16(8-9-17(24)21-15)19(26)23-22-18(25)12-4-2-1-3-5-12/h1-7,10,16H,8-9,11H2,(H,22,25)(H,23,26)/t16-/m0/s1. The predicted molar refractivity (Wildman–Crippen MR) is 99.2 cm³/mol. The number of carbonyl (C=O) groups is 2. The Balaban J connectivity index is 1.43. The Kier molecular flexibility index (Phi) is 4.34. The van der Waals surface area contributed by atoms with E-state index >= 15 is 0 Å². The van der Waals surface area contributed by atoms with E-state index in [9.17, 15) is 9.59 Å². The van der Waals surface area contributed by atoms with Gasteiger partial charge in [-0.3, -0.25) is 20.4 Å². The number of amides is 2. The fourth-order valence-corrected chi connectivity index (χ4v) is 3.51. The van der Waals surface area contributed by atoms with Crippen molar-refractivity contribution in [1.29, 1.82) is 0 Å². The number of nitrogens with one attached hydrogen (secondary N) is 2. The highest BCUT2D eigenvalue weighted by molar-refractivity contribution is 6.30. The average Bonchev–Trinajstić information content (AvgIpc) is 3.07. The number of rotatable bonds is 2. The summed E-state index contributed by atoms with van der Waals surface area (Å²) in [4.78, 5) is 31.3. The van der Waals surface area contributed by atoms with Crippen molar-refractivity contribution in [3.05, 3.63) is 64.7 Å². The molecule has 1 fully saturated rings. The summed E-state index contributed by atoms with van der Waals surface area (Å²) >= 11 is 6.07. The molecule has 2 amide bonds. The van der Waals surface area contributed by atoms with Crippen LogP contribution in [0.15, 0.2) is 53.5 Å². The molecule has 7 heteroatoms. The first kappa shape index (κ1) is 16.6. The van der Waals surface area contributed by atoms with Crippen LogP contribution in [0.4, 0.5) is 5.69 Å². The number of benzene rings is 2. The smallest absolute Gasteiger partial charge is 0.269 e. The summed E-state index contributed by atoms with van der Waals surface area (Å²) in [6, 6.07) is 14.0. The summed E-state index contributed by atoms with van der Waals surface area (Å²) in [5.41, 5.74) is 7.39. The quantitative estimate of drug-likeness (QED) is 0.800. The summed E-state index contributed by atoms with van der Waals surface area (Å²) in [6.45, 7) is 0.583. The third-order valence-electron chi connectivity index (χ3n) is 4.62. The fourth-order valence-electron chi connectivity index (χ4n) is 3.32. The first-order valence-corrected chi connectivity index (χ1v) is 8.77. The van der Waals surface area contributed by atoms with Crippen LogP contribution in [0.3, 0.4) is 0 Å². The highest BCUT2D eigenvalue weighted by atomic mass is 35.5. The SMILES string of the molecule is O=C(NNC(=O)[C@@H]1CCC2=Nc3ccc(Cl)cc3CN21)c1ccccc1. The molecule has 4 rings (SSSR count). The van der Waals surface area contributed by atoms with Gasteiger partial charge in [0.15, 0.2) is 0 Å². The van der Waals surface area contributed by atoms with Gasteiger partial charge in [-0.2, -0.15) is 0 Å². The number of carbonyl (C=O) groups excluding carboxylic acids is 2. The van der Waals surface area contributed by atoms with Gasteiger partial charge < -0.3 is 4.90 Å². The van der Waals surface area contributed by atoms with Crippen LogP contribution in [0.1, 0.15) is 28.8 Å². The van der Waals surface area contributed by atoms with Crippen molar-refractivity contribution >= 4 is 34.9 Å². The van der Waals surface area contributed by atoms with Crippen molar-refractivity contribution < 1.29 is 9.59 Å². The minimum Gasteiger partial charge on any atom is -0.344 e. The van der Waals surface area contributed by atoms with Gasteiger partial charge in [-0.1, -0.05) is 29.8 Å². The second-order valence-electron chi connectivity index (χ2n) is 6.29. The Morgan fingerprint density at radius 3 is 2.73 bits per heavy atom. The van der Waals surface area contributed by atoms with Gasteiger partial charge in [0.25, 0.3) is 11.8 Å². The molecule has 26 heavy (non-hydrogen) atoms. The number of nitrogens with zero attached hydrogens (tertiary/aromatic N) is 2. The van der Waals surface area contributed by atoms with Crippen molar-refractivity contribution in [1.82, 2.24) is 15.8 Å². The van der Waals surface area contributed by atoms with Crippen LogP contribution in [0.25, 0.3) is 0 Å². The van der Waals surface area contributed by atoms with E-state index in [4.69, 9.17) is 11.6 Å². The summed E-state index contributed by atoms with van der Waals surface area (Å²) in [6.07, 6.45) is 1.39. The van der Waals surface area contributed by atoms with Gasteiger partial charge in [-0.15, -0.1) is 0 Å². The minimum atomic E-state index is -0.364. The molecular formula is C19H17ClN4O2. The molecule has 0 radical (unpaired) electrons. The van der Waals surface area contributed by atoms with E-state index in [0.717, 1.165) is 23.5 Å². The maximum absolute atomic E-state index is 12.6. The normalized spacial score (nSPS) is 17.8. The van der Waals surface area contributed by atoms with Crippen LogP contribution in [0, 0.1) is 0 Å². The fraction of sp³-hybridized carbons (Fsp3) is 0.211. The molecule has 2 aliphatic heterocycles. The summed E-state index contributed by atoms with van der Waals surface area (Å²) < 4.78 is 0. The van der Waals surface area contributed by atoms with Gasteiger partial charge in [0, 0.05) is 23.6 Å². The topological polar surface area (TPSA) is 73.8 Å². The number of hydrogen-bond acceptors (Lipinski definition) is 4. The number of hydrogen-bond donors (Lipinski definition) is 2. The number of hydrazine groups is 1. The molecule has 1 saturated heterocycles. The molecule has 0 saturated carbocycles. The van der Waals surface area contributed by atoms with E-state index in [1.165, 1.54) is 0 Å². The predicted octanol–water partition coefficient (Wildman–Crippen LogP) is 2.81. The highest BCUT2D eigenvalue weighted by Crippen LogP contribution is 2.34. The van der Waals surface area contributed by atoms with Crippen molar-refractivity contribution in [2.24, 2.45) is 4.99 Å². The lowest BCUT2D eigenvalue weighted by molar-refractivity contribution is -0.125. The van der Waals surface area contributed by atoms with Crippen LogP contribution in [0.2, 0.25) is 5.02 Å². The lowest BCUT2D eigenvalue weighted by atomic mass is 10.1. The van der Waals surface area contributed by atoms with E-state index in [1.54, 1.807) is 24.3 Å². The molecule has 2 aromatic carbocycles. The molecule has 0 bridgehead atoms. The molecule has 2 aliphatic rings. The van der Waals surface area contributed by atoms with Crippen molar-refractivity contribution in [3.8, 4) is 0 Å². The average molecular weight is 369 g/mol. The Bertz CT molecular complexity index is 898. The maximum Gasteiger partial charge on any atom is 0.269 e. The summed E-state index contributed by atoms with van der Waals surface area (Å²) in [7, 11) is 0. The molecule has 0 aromatic heterocycles. The Labute approximate surface area is 155 Å². The van der Waals surface area contributed by atoms with Crippen molar-refractivity contribution in [3.63, 3.8) is 0 Å². The summed E-state index contributed by atoms with van der Waals surface area (Å²) in [5.74, 6) is 0.306. The third-order valence-corrected chi connectivity index (χ3v) is 4.85. The third kappa shape index (κ3) is 3.15. The first-order chi connectivity index (χ1) is 12.6. The second kappa shape index (κ2) is 6.80. The van der Waals surface area contributed by atoms with Crippen LogP contribution in [-0.4, -0.2) is 28.6 Å². The van der Waals surface area contributed by atoms with Crippen LogP contribution in [-0.2, 0) is 11.3 Å². The Morgan fingerprint density at radius 1 is 1.12 bits per heavy atom. The summed E-state index contributed by atoms with van der Waals surface area (Å²) in [5, 5.41) is 0.651. The molecule has 1 atom stereocenters. The molecule has 0 unspecified atom stereocenters. The van der Waals surface area contributed by atoms with Crippen LogP contribution >= 0.6 is 11.6 Å². The number of halogens is 1. The second-order valence-corrected chi connectivity index (χ2v) is 6.73. The van der Waals surface area contributed by atoms with E-state index in [2.05, 4.69) is 15.8 Å². The van der Waals surface area contributed by atoms with Crippen LogP contribution in [0.5, 0.6) is 0 Å². The van der Waals surface area contributed by atoms with E-state index in [0.29, 0.717) is 23.6 Å². The Hall–Kier alpha value is -2.86. The monoisotopic (exact) mass is 368 g/mol.